The number of hydrogen-bond donors (Lipinski definition) is 1. The van der Waals surface area contributed by atoms with Crippen LogP contribution in [-0.4, -0.2) is 62.7 Å². The van der Waals surface area contributed by atoms with Gasteiger partial charge in [0.25, 0.3) is 0 Å². The van der Waals surface area contributed by atoms with Crippen LogP contribution < -0.4 is 5.73 Å². The summed E-state index contributed by atoms with van der Waals surface area (Å²) in [5, 5.41) is 0. The van der Waals surface area contributed by atoms with E-state index in [4.69, 9.17) is 5.73 Å². The van der Waals surface area contributed by atoms with Crippen molar-refractivity contribution in [2.75, 3.05) is 19.6 Å². The Morgan fingerprint density at radius 3 is 2.50 bits per heavy atom. The van der Waals surface area contributed by atoms with Crippen molar-refractivity contribution >= 4 is 28.8 Å². The number of alkyl halides is 3. The number of halogens is 3. The zero-order chi connectivity index (χ0) is 20.6. The van der Waals surface area contributed by atoms with E-state index in [2.05, 4.69) is 4.98 Å². The van der Waals surface area contributed by atoms with E-state index in [9.17, 15) is 27.6 Å². The van der Waals surface area contributed by atoms with Crippen molar-refractivity contribution in [2.45, 2.75) is 25.7 Å². The lowest BCUT2D eigenvalue weighted by Gasteiger charge is -2.39. The highest BCUT2D eigenvalue weighted by molar-refractivity contribution is 5.88. The SMILES string of the molecule is CC(=O)N1CCN(C(=O)Cn2c(C(F)(F)F)nc3ccccc32)CC1C(N)=O. The number of benzene rings is 1. The molecule has 28 heavy (non-hydrogen) atoms. The molecule has 3 amide bonds. The molecule has 1 aromatic carbocycles. The van der Waals surface area contributed by atoms with Gasteiger partial charge in [0.1, 0.15) is 12.6 Å². The van der Waals surface area contributed by atoms with Crippen LogP contribution in [0.5, 0.6) is 0 Å². The summed E-state index contributed by atoms with van der Waals surface area (Å²) < 4.78 is 40.9. The van der Waals surface area contributed by atoms with Crippen molar-refractivity contribution in [2.24, 2.45) is 5.73 Å². The van der Waals surface area contributed by atoms with Gasteiger partial charge in [0.15, 0.2) is 0 Å². The summed E-state index contributed by atoms with van der Waals surface area (Å²) >= 11 is 0. The van der Waals surface area contributed by atoms with Gasteiger partial charge in [0.2, 0.25) is 23.5 Å². The number of primary amides is 1. The number of rotatable bonds is 3. The van der Waals surface area contributed by atoms with Crippen molar-refractivity contribution in [3.05, 3.63) is 30.1 Å². The minimum Gasteiger partial charge on any atom is -0.368 e. The van der Waals surface area contributed by atoms with E-state index in [-0.39, 0.29) is 36.6 Å². The minimum absolute atomic E-state index is 0.0749. The number of aromatic nitrogens is 2. The van der Waals surface area contributed by atoms with E-state index in [0.717, 1.165) is 4.57 Å². The normalized spacial score (nSPS) is 17.8. The van der Waals surface area contributed by atoms with E-state index in [0.29, 0.717) is 0 Å². The van der Waals surface area contributed by atoms with E-state index < -0.39 is 36.4 Å². The number of carbonyl (C=O) groups excluding carboxylic acids is 3. The van der Waals surface area contributed by atoms with Crippen molar-refractivity contribution in [3.8, 4) is 0 Å². The molecule has 1 atom stereocenters. The molecule has 1 fully saturated rings. The van der Waals surface area contributed by atoms with Crippen LogP contribution >= 0.6 is 0 Å². The lowest BCUT2D eigenvalue weighted by atomic mass is 10.1. The number of nitrogens with zero attached hydrogens (tertiary/aromatic N) is 4. The second-order valence-electron chi connectivity index (χ2n) is 6.48. The van der Waals surface area contributed by atoms with Gasteiger partial charge in [0.05, 0.1) is 17.6 Å². The monoisotopic (exact) mass is 397 g/mol. The van der Waals surface area contributed by atoms with Gasteiger partial charge in [-0.3, -0.25) is 14.4 Å². The molecule has 1 aliphatic heterocycles. The molecule has 0 aliphatic carbocycles. The first-order chi connectivity index (χ1) is 13.1. The Labute approximate surface area is 157 Å². The largest absolute Gasteiger partial charge is 0.449 e. The summed E-state index contributed by atoms with van der Waals surface area (Å²) in [5.74, 6) is -2.94. The number of imidazole rings is 1. The predicted molar refractivity (Wildman–Crippen MR) is 91.7 cm³/mol. The molecule has 1 unspecified atom stereocenters. The second kappa shape index (κ2) is 7.13. The number of carbonyl (C=O) groups is 3. The average molecular weight is 397 g/mol. The summed E-state index contributed by atoms with van der Waals surface area (Å²) in [6, 6.07) is 4.97. The molecular weight excluding hydrogens is 379 g/mol. The first-order valence-corrected chi connectivity index (χ1v) is 8.46. The van der Waals surface area contributed by atoms with Crippen LogP contribution in [0.2, 0.25) is 0 Å². The highest BCUT2D eigenvalue weighted by Gasteiger charge is 2.39. The van der Waals surface area contributed by atoms with Crippen LogP contribution in [0.25, 0.3) is 11.0 Å². The molecule has 0 spiro atoms. The van der Waals surface area contributed by atoms with Crippen molar-refractivity contribution < 1.29 is 27.6 Å². The zero-order valence-electron chi connectivity index (χ0n) is 14.9. The number of nitrogens with two attached hydrogens (primary N) is 1. The van der Waals surface area contributed by atoms with Gasteiger partial charge in [-0.05, 0) is 12.1 Å². The fourth-order valence-electron chi connectivity index (χ4n) is 3.32. The fraction of sp³-hybridized carbons (Fsp3) is 0.412. The van der Waals surface area contributed by atoms with Crippen molar-refractivity contribution in [1.82, 2.24) is 19.4 Å². The molecule has 3 rings (SSSR count). The molecule has 0 bridgehead atoms. The number of hydrogen-bond acceptors (Lipinski definition) is 4. The number of piperazine rings is 1. The molecule has 0 saturated carbocycles. The van der Waals surface area contributed by atoms with Gasteiger partial charge in [-0.1, -0.05) is 12.1 Å². The third-order valence-corrected chi connectivity index (χ3v) is 4.67. The lowest BCUT2D eigenvalue weighted by molar-refractivity contribution is -0.150. The molecule has 150 valence electrons. The van der Waals surface area contributed by atoms with Gasteiger partial charge in [0, 0.05) is 20.0 Å². The molecule has 1 aliphatic rings. The lowest BCUT2D eigenvalue weighted by Crippen LogP contribution is -2.60. The molecule has 2 aromatic rings. The average Bonchev–Trinajstić information content (AvgIpc) is 3.00. The van der Waals surface area contributed by atoms with E-state index in [1.54, 1.807) is 12.1 Å². The maximum atomic E-state index is 13.4. The molecule has 0 radical (unpaired) electrons. The van der Waals surface area contributed by atoms with Crippen LogP contribution in [0.3, 0.4) is 0 Å². The minimum atomic E-state index is -4.73. The van der Waals surface area contributed by atoms with Crippen LogP contribution in [0.4, 0.5) is 13.2 Å². The Kier molecular flexibility index (Phi) is 5.01. The van der Waals surface area contributed by atoms with Gasteiger partial charge < -0.3 is 20.1 Å². The Morgan fingerprint density at radius 1 is 1.21 bits per heavy atom. The number of para-hydroxylation sites is 2. The second-order valence-corrected chi connectivity index (χ2v) is 6.48. The Morgan fingerprint density at radius 2 is 1.89 bits per heavy atom. The Balaban J connectivity index is 1.87. The summed E-state index contributed by atoms with van der Waals surface area (Å²) in [5.41, 5.74) is 5.62. The summed E-state index contributed by atoms with van der Waals surface area (Å²) in [4.78, 5) is 42.0. The summed E-state index contributed by atoms with van der Waals surface area (Å²) in [6.07, 6.45) is -4.73. The highest BCUT2D eigenvalue weighted by atomic mass is 19.4. The van der Waals surface area contributed by atoms with Gasteiger partial charge in [-0.25, -0.2) is 4.98 Å². The zero-order valence-corrected chi connectivity index (χ0v) is 14.9. The van der Waals surface area contributed by atoms with E-state index >= 15 is 0 Å². The highest BCUT2D eigenvalue weighted by Crippen LogP contribution is 2.31. The molecule has 1 aromatic heterocycles. The quantitative estimate of drug-likeness (QED) is 0.820. The summed E-state index contributed by atoms with van der Waals surface area (Å²) in [7, 11) is 0. The predicted octanol–water partition coefficient (Wildman–Crippen LogP) is 0.600. The van der Waals surface area contributed by atoms with E-state index in [1.807, 2.05) is 0 Å². The molecular formula is C17H18F3N5O3. The van der Waals surface area contributed by atoms with Gasteiger partial charge in [-0.2, -0.15) is 13.2 Å². The standard InChI is InChI=1S/C17H18F3N5O3/c1-10(26)24-7-6-23(8-13(24)15(21)28)14(27)9-25-12-5-3-2-4-11(12)22-16(25)17(18,19)20/h2-5,13H,6-9H2,1H3,(H2,21,28). The van der Waals surface area contributed by atoms with E-state index in [1.165, 1.54) is 28.9 Å². The Hall–Kier alpha value is -3.11. The topological polar surface area (TPSA) is 102 Å². The first kappa shape index (κ1) is 19.6. The third kappa shape index (κ3) is 3.64. The van der Waals surface area contributed by atoms with Gasteiger partial charge in [-0.15, -0.1) is 0 Å². The maximum absolute atomic E-state index is 13.4. The summed E-state index contributed by atoms with van der Waals surface area (Å²) in [6.45, 7) is 0.685. The van der Waals surface area contributed by atoms with Gasteiger partial charge >= 0.3 is 6.18 Å². The van der Waals surface area contributed by atoms with Crippen LogP contribution in [-0.2, 0) is 27.1 Å². The molecule has 11 heteroatoms. The van der Waals surface area contributed by atoms with Crippen LogP contribution in [0.1, 0.15) is 12.7 Å². The third-order valence-electron chi connectivity index (χ3n) is 4.67. The smallest absolute Gasteiger partial charge is 0.368 e. The number of amides is 3. The van der Waals surface area contributed by atoms with Crippen LogP contribution in [0.15, 0.2) is 24.3 Å². The molecule has 8 nitrogen and oxygen atoms in total. The number of fused-ring (bicyclic) bond motifs is 1. The maximum Gasteiger partial charge on any atom is 0.449 e. The van der Waals surface area contributed by atoms with Crippen molar-refractivity contribution in [3.63, 3.8) is 0 Å². The fourth-order valence-corrected chi connectivity index (χ4v) is 3.32. The van der Waals surface area contributed by atoms with Crippen molar-refractivity contribution in [1.29, 1.82) is 0 Å². The van der Waals surface area contributed by atoms with Crippen LogP contribution in [0, 0.1) is 0 Å². The molecule has 1 saturated heterocycles. The molecule has 2 N–H and O–H groups in total. The first-order valence-electron chi connectivity index (χ1n) is 8.46. The molecule has 2 heterocycles. The Bertz CT molecular complexity index is 940.